The average molecular weight is 1060 g/mol. The summed E-state index contributed by atoms with van der Waals surface area (Å²) >= 11 is 0. The fourth-order valence-electron chi connectivity index (χ4n) is 6.68. The maximum absolute atomic E-state index is 13.0. The number of hydrogen-bond acceptors (Lipinski definition) is 23. The second-order valence-corrected chi connectivity index (χ2v) is 20.8. The Labute approximate surface area is 405 Å². The smallest absolute Gasteiger partial charge is 0.295 e. The fraction of sp³-hybridized carbons (Fsp3) is 0.200. The summed E-state index contributed by atoms with van der Waals surface area (Å²) in [7, 11) is -19.5. The SMILES string of the molecule is CC(O)N(c1nc(Nc2ccc(S(=O)(=O)O)cc2)nc(-c2ccc(C=Cc3c(N)cc(-c4nc(Nc5ccc(S(=O)(=O)O)cc5)nc(N(C(C)O)C(C)O)n4)cc3S(=O)(=O)O)c(S(=O)(=O)O)c2)n1)C(C)O. The molecule has 4 unspecified atom stereocenters. The molecule has 31 heteroatoms. The van der Waals surface area contributed by atoms with Gasteiger partial charge in [0.2, 0.25) is 23.8 Å². The Kier molecular flexibility index (Phi) is 15.4. The summed E-state index contributed by atoms with van der Waals surface area (Å²) in [5, 5.41) is 47.5. The van der Waals surface area contributed by atoms with Gasteiger partial charge in [-0.2, -0.15) is 63.6 Å². The van der Waals surface area contributed by atoms with E-state index in [-0.39, 0.29) is 69.2 Å². The first-order valence-corrected chi connectivity index (χ1v) is 25.9. The lowest BCUT2D eigenvalue weighted by Crippen LogP contribution is -2.41. The summed E-state index contributed by atoms with van der Waals surface area (Å²) < 4.78 is 138. The first-order chi connectivity index (χ1) is 32.9. The van der Waals surface area contributed by atoms with Gasteiger partial charge in [0, 0.05) is 33.8 Å². The number of aromatic nitrogens is 6. The van der Waals surface area contributed by atoms with Crippen LogP contribution in [-0.2, 0) is 40.5 Å². The van der Waals surface area contributed by atoms with Crippen LogP contribution in [0.4, 0.5) is 40.9 Å². The van der Waals surface area contributed by atoms with Crippen molar-refractivity contribution in [1.29, 1.82) is 0 Å². The number of nitrogens with one attached hydrogen (secondary N) is 2. The number of hydrogen-bond donors (Lipinski definition) is 11. The maximum atomic E-state index is 13.0. The molecule has 378 valence electrons. The molecule has 4 aromatic carbocycles. The van der Waals surface area contributed by atoms with E-state index in [1.54, 1.807) is 0 Å². The number of aliphatic hydroxyl groups excluding tert-OH is 4. The molecule has 2 aromatic heterocycles. The van der Waals surface area contributed by atoms with Gasteiger partial charge in [-0.05, 0) is 100.0 Å². The van der Waals surface area contributed by atoms with Gasteiger partial charge < -0.3 is 36.8 Å². The van der Waals surface area contributed by atoms with Gasteiger partial charge in [-0.1, -0.05) is 24.3 Å². The zero-order valence-corrected chi connectivity index (χ0v) is 40.4. The van der Waals surface area contributed by atoms with Crippen molar-refractivity contribution in [1.82, 2.24) is 29.9 Å². The van der Waals surface area contributed by atoms with E-state index < -0.39 is 90.5 Å². The number of nitrogens with two attached hydrogens (primary N) is 1. The van der Waals surface area contributed by atoms with Crippen LogP contribution < -0.4 is 26.2 Å². The Bertz CT molecular complexity index is 3460. The predicted molar refractivity (Wildman–Crippen MR) is 254 cm³/mol. The molecule has 2 heterocycles. The number of benzene rings is 4. The van der Waals surface area contributed by atoms with E-state index in [0.29, 0.717) is 0 Å². The minimum atomic E-state index is -5.21. The molecule has 0 saturated heterocycles. The van der Waals surface area contributed by atoms with Crippen molar-refractivity contribution in [3.8, 4) is 22.8 Å². The van der Waals surface area contributed by atoms with Crippen molar-refractivity contribution in [3.63, 3.8) is 0 Å². The third-order valence-electron chi connectivity index (χ3n) is 9.83. The zero-order valence-electron chi connectivity index (χ0n) is 37.1. The lowest BCUT2D eigenvalue weighted by atomic mass is 10.1. The summed E-state index contributed by atoms with van der Waals surface area (Å²) in [6.07, 6.45) is -3.61. The van der Waals surface area contributed by atoms with E-state index in [1.807, 2.05) is 0 Å². The Morgan fingerprint density at radius 2 is 0.887 bits per heavy atom. The lowest BCUT2D eigenvalue weighted by Gasteiger charge is -2.28. The molecule has 0 amide bonds. The van der Waals surface area contributed by atoms with Crippen LogP contribution in [0.2, 0.25) is 0 Å². The molecule has 12 N–H and O–H groups in total. The quantitative estimate of drug-likeness (QED) is 0.0255. The fourth-order valence-corrected chi connectivity index (χ4v) is 9.09. The molecule has 0 aliphatic rings. The molecule has 0 bridgehead atoms. The second kappa shape index (κ2) is 20.5. The molecule has 6 aromatic rings. The van der Waals surface area contributed by atoms with Gasteiger partial charge in [0.1, 0.15) is 34.7 Å². The van der Waals surface area contributed by atoms with Crippen molar-refractivity contribution in [3.05, 3.63) is 90.0 Å². The lowest BCUT2D eigenvalue weighted by molar-refractivity contribution is 0.102. The standard InChI is InChI=1S/C40H43N11O16S4/c1-20(52)50(21(2)53)39-46-35(44-37(48-39)42-27-8-12-29(13-9-27)68(56,57)58)25-6-5-24(33(18-25)70(62,63)64)7-16-31-32(41)17-26(19-34(31)71(65,66)67)36-45-38(49-40(47-36)51(22(3)54)23(4)55)43-28-10-14-30(15-11-28)69(59,60)61/h5-23,52-55H,41H2,1-4H3,(H,56,57,58)(H,59,60,61)(H,62,63,64)(H,65,66,67)(H,42,44,46,48)(H,43,45,47,49). The normalized spacial score (nSPS) is 14.1. The summed E-state index contributed by atoms with van der Waals surface area (Å²) in [5.41, 5.74) is 5.38. The summed E-state index contributed by atoms with van der Waals surface area (Å²) in [6, 6.07) is 14.7. The van der Waals surface area contributed by atoms with E-state index in [4.69, 9.17) is 5.73 Å². The molecule has 27 nitrogen and oxygen atoms in total. The van der Waals surface area contributed by atoms with Gasteiger partial charge in [-0.3, -0.25) is 28.0 Å². The van der Waals surface area contributed by atoms with Crippen LogP contribution >= 0.6 is 0 Å². The van der Waals surface area contributed by atoms with Crippen molar-refractivity contribution in [2.75, 3.05) is 26.2 Å². The van der Waals surface area contributed by atoms with Crippen LogP contribution in [0.5, 0.6) is 0 Å². The van der Waals surface area contributed by atoms with Gasteiger partial charge in [-0.25, -0.2) is 0 Å². The summed E-state index contributed by atoms with van der Waals surface area (Å²) in [6.45, 7) is 5.12. The predicted octanol–water partition coefficient (Wildman–Crippen LogP) is 2.58. The van der Waals surface area contributed by atoms with Gasteiger partial charge in [0.25, 0.3) is 40.5 Å². The first kappa shape index (κ1) is 53.5. The van der Waals surface area contributed by atoms with Crippen LogP contribution in [0.25, 0.3) is 34.9 Å². The molecule has 0 aliphatic carbocycles. The molecule has 0 aliphatic heterocycles. The molecule has 0 radical (unpaired) electrons. The van der Waals surface area contributed by atoms with Crippen molar-refractivity contribution >= 4 is 93.5 Å². The average Bonchev–Trinajstić information content (AvgIpc) is 3.24. The number of aliphatic hydroxyl groups is 4. The number of nitrogens with zero attached hydrogens (tertiary/aromatic N) is 8. The van der Waals surface area contributed by atoms with Crippen LogP contribution in [0, 0.1) is 0 Å². The first-order valence-electron chi connectivity index (χ1n) is 20.1. The molecular weight excluding hydrogens is 1020 g/mol. The largest absolute Gasteiger partial charge is 0.398 e. The highest BCUT2D eigenvalue weighted by molar-refractivity contribution is 7.86. The Morgan fingerprint density at radius 3 is 1.27 bits per heavy atom. The second-order valence-electron chi connectivity index (χ2n) is 15.2. The summed E-state index contributed by atoms with van der Waals surface area (Å²) in [4.78, 5) is 25.0. The molecule has 71 heavy (non-hydrogen) atoms. The molecule has 6 rings (SSSR count). The highest BCUT2D eigenvalue weighted by Gasteiger charge is 2.27. The molecule has 0 spiro atoms. The third-order valence-corrected chi connectivity index (χ3v) is 13.4. The number of nitrogen functional groups attached to an aromatic ring is 1. The minimum Gasteiger partial charge on any atom is -0.398 e. The van der Waals surface area contributed by atoms with Gasteiger partial charge >= 0.3 is 0 Å². The van der Waals surface area contributed by atoms with E-state index >= 15 is 0 Å². The van der Waals surface area contributed by atoms with Crippen molar-refractivity contribution in [2.45, 2.75) is 72.2 Å². The Morgan fingerprint density at radius 1 is 0.493 bits per heavy atom. The number of anilines is 7. The molecule has 0 fully saturated rings. The maximum Gasteiger partial charge on any atom is 0.295 e. The third kappa shape index (κ3) is 12.9. The zero-order chi connectivity index (χ0) is 52.5. The molecule has 0 saturated carbocycles. The molecule has 4 atom stereocenters. The van der Waals surface area contributed by atoms with E-state index in [2.05, 4.69) is 40.5 Å². The summed E-state index contributed by atoms with van der Waals surface area (Å²) in [5.74, 6) is -1.94. The minimum absolute atomic E-state index is 0.104. The van der Waals surface area contributed by atoms with Gasteiger partial charge in [-0.15, -0.1) is 0 Å². The van der Waals surface area contributed by atoms with Crippen LogP contribution in [0.3, 0.4) is 0 Å². The topological polar surface area (TPSA) is 432 Å². The van der Waals surface area contributed by atoms with Gasteiger partial charge in [0.15, 0.2) is 11.6 Å². The Hall–Kier alpha value is -6.88. The van der Waals surface area contributed by atoms with E-state index in [9.17, 15) is 72.3 Å². The highest BCUT2D eigenvalue weighted by Crippen LogP contribution is 2.34. The van der Waals surface area contributed by atoms with Crippen molar-refractivity contribution in [2.24, 2.45) is 0 Å². The monoisotopic (exact) mass is 1060 g/mol. The molecular formula is C40H43N11O16S4. The van der Waals surface area contributed by atoms with Crippen LogP contribution in [0.1, 0.15) is 38.8 Å². The van der Waals surface area contributed by atoms with Crippen LogP contribution in [0.15, 0.2) is 98.4 Å². The van der Waals surface area contributed by atoms with Gasteiger partial charge in [0.05, 0.1) is 9.79 Å². The highest BCUT2D eigenvalue weighted by atomic mass is 32.2. The van der Waals surface area contributed by atoms with Crippen LogP contribution in [-0.4, -0.2) is 127 Å². The van der Waals surface area contributed by atoms with E-state index in [1.165, 1.54) is 58.0 Å². The van der Waals surface area contributed by atoms with E-state index in [0.717, 1.165) is 70.5 Å². The van der Waals surface area contributed by atoms with Crippen molar-refractivity contribution < 1.29 is 72.3 Å². The Balaban J connectivity index is 1.44. The number of rotatable bonds is 18.